The van der Waals surface area contributed by atoms with Crippen LogP contribution in [0.4, 0.5) is 15.8 Å². The van der Waals surface area contributed by atoms with Crippen LogP contribution >= 0.6 is 0 Å². The van der Waals surface area contributed by atoms with E-state index in [1.807, 2.05) is 13.0 Å². The lowest BCUT2D eigenvalue weighted by Gasteiger charge is -2.36. The van der Waals surface area contributed by atoms with Crippen LogP contribution in [0.2, 0.25) is 0 Å². The van der Waals surface area contributed by atoms with Gasteiger partial charge in [0.25, 0.3) is 11.5 Å². The highest BCUT2D eigenvalue weighted by Crippen LogP contribution is 2.33. The number of fused-ring (bicyclic) bond motifs is 1. The molecule has 3 amide bonds. The molecule has 3 aromatic carbocycles. The van der Waals surface area contributed by atoms with E-state index in [1.54, 1.807) is 30.3 Å². The number of likely N-dealkylation sites (N-methyl/N-ethyl adjacent to an activating group) is 1. The Morgan fingerprint density at radius 1 is 0.932 bits per heavy atom. The Morgan fingerprint density at radius 3 is 2.46 bits per heavy atom. The van der Waals surface area contributed by atoms with Crippen LogP contribution in [0.15, 0.2) is 65.5 Å². The maximum Gasteiger partial charge on any atom is 0.278 e. The SMILES string of the molecule is Cc1cccc(F)c1CN1C[C@H](c2ccc(N3CCN(CCCCCCNC(=O)CNc4ccc5nnn(C6CCC(=O)NC6=O)c(=O)c5c4)CC3)cc2)[C@@H](N(C)C)C1. The fraction of sp³-hybridized carbons (Fsp3) is 0.500. The number of rotatable bonds is 16. The van der Waals surface area contributed by atoms with Gasteiger partial charge in [0.15, 0.2) is 0 Å². The van der Waals surface area contributed by atoms with Gasteiger partial charge in [0.2, 0.25) is 11.8 Å². The number of imide groups is 1. The second kappa shape index (κ2) is 19.2. The van der Waals surface area contributed by atoms with E-state index in [2.05, 4.69) is 84.2 Å². The molecule has 0 spiro atoms. The maximum atomic E-state index is 14.6. The van der Waals surface area contributed by atoms with Crippen molar-refractivity contribution >= 4 is 40.0 Å². The number of unbranched alkanes of at least 4 members (excludes halogenated alkanes) is 3. The molecule has 3 atom stereocenters. The molecule has 15 heteroatoms. The van der Waals surface area contributed by atoms with Crippen LogP contribution in [-0.4, -0.2) is 126 Å². The zero-order valence-electron chi connectivity index (χ0n) is 34.5. The quantitative estimate of drug-likeness (QED) is 0.113. The van der Waals surface area contributed by atoms with E-state index in [0.29, 0.717) is 36.3 Å². The highest BCUT2D eigenvalue weighted by Gasteiger charge is 2.36. The molecule has 3 N–H and O–H groups in total. The molecule has 59 heavy (non-hydrogen) atoms. The standard InChI is InChI=1S/C44H57FN10O4/c1-30-9-8-10-37(45)35(30)27-53-28-36(40(29-53)51(2)3)31-11-14-33(15-12-31)54-23-21-52(22-24-54)20-7-5-4-6-19-46-42(57)26-47-32-13-16-38-34(25-32)44(59)55(50-49-38)39-17-18-41(56)48-43(39)58/h8-16,25,36,39-40,47H,4-7,17-24,26-29H2,1-3H3,(H,46,57)(H,48,56,58)/t36-,39?,40+/m1/s1. The topological polar surface area (TPSA) is 148 Å². The van der Waals surface area contributed by atoms with Gasteiger partial charge in [-0.05, 0) is 94.4 Å². The Hall–Kier alpha value is -5.25. The number of carbonyl (C=O) groups is 3. The van der Waals surface area contributed by atoms with Gasteiger partial charge in [0, 0.05) is 87.7 Å². The van der Waals surface area contributed by atoms with E-state index in [4.69, 9.17) is 0 Å². The van der Waals surface area contributed by atoms with Gasteiger partial charge in [-0.3, -0.25) is 34.3 Å². The van der Waals surface area contributed by atoms with Crippen molar-refractivity contribution in [2.75, 3.05) is 83.2 Å². The molecular weight excluding hydrogens is 752 g/mol. The molecule has 3 aliphatic heterocycles. The summed E-state index contributed by atoms with van der Waals surface area (Å²) in [7, 11) is 4.29. The Labute approximate surface area is 345 Å². The van der Waals surface area contributed by atoms with E-state index in [1.165, 1.54) is 11.3 Å². The highest BCUT2D eigenvalue weighted by molar-refractivity contribution is 5.99. The van der Waals surface area contributed by atoms with Gasteiger partial charge >= 0.3 is 0 Å². The molecule has 4 aromatic rings. The van der Waals surface area contributed by atoms with Gasteiger partial charge in [-0.25, -0.2) is 4.39 Å². The monoisotopic (exact) mass is 808 g/mol. The zero-order valence-corrected chi connectivity index (χ0v) is 34.5. The van der Waals surface area contributed by atoms with Gasteiger partial charge in [-0.2, -0.15) is 4.68 Å². The normalized spacial score (nSPS) is 20.4. The van der Waals surface area contributed by atoms with Crippen molar-refractivity contribution in [3.63, 3.8) is 0 Å². The molecule has 1 aromatic heterocycles. The lowest BCUT2D eigenvalue weighted by Crippen LogP contribution is -2.46. The molecule has 3 fully saturated rings. The number of piperazine rings is 1. The highest BCUT2D eigenvalue weighted by atomic mass is 19.1. The number of anilines is 2. The first-order valence-electron chi connectivity index (χ1n) is 21.0. The third-order valence-corrected chi connectivity index (χ3v) is 12.2. The predicted octanol–water partition coefficient (Wildman–Crippen LogP) is 3.66. The molecule has 1 unspecified atom stereocenters. The molecule has 3 saturated heterocycles. The summed E-state index contributed by atoms with van der Waals surface area (Å²) in [6.07, 6.45) is 4.49. The third kappa shape index (κ3) is 10.3. The minimum Gasteiger partial charge on any atom is -0.376 e. The molecule has 0 saturated carbocycles. The number of hydrogen-bond acceptors (Lipinski definition) is 11. The fourth-order valence-electron chi connectivity index (χ4n) is 8.67. The molecule has 0 radical (unpaired) electrons. The van der Waals surface area contributed by atoms with Crippen molar-refractivity contribution in [1.29, 1.82) is 0 Å². The fourth-order valence-corrected chi connectivity index (χ4v) is 8.67. The zero-order chi connectivity index (χ0) is 41.5. The molecule has 4 heterocycles. The summed E-state index contributed by atoms with van der Waals surface area (Å²) in [5, 5.41) is 16.5. The predicted molar refractivity (Wildman–Crippen MR) is 227 cm³/mol. The minimum absolute atomic E-state index is 0.0515. The van der Waals surface area contributed by atoms with Gasteiger partial charge in [-0.1, -0.05) is 42.3 Å². The molecule has 0 bridgehead atoms. The first-order valence-corrected chi connectivity index (χ1v) is 21.0. The molecule has 7 rings (SSSR count). The Morgan fingerprint density at radius 2 is 1.71 bits per heavy atom. The molecular formula is C44H57FN10O4. The van der Waals surface area contributed by atoms with Crippen molar-refractivity contribution in [1.82, 2.24) is 40.3 Å². The Balaban J connectivity index is 0.773. The van der Waals surface area contributed by atoms with Crippen molar-refractivity contribution in [3.8, 4) is 0 Å². The summed E-state index contributed by atoms with van der Waals surface area (Å²) in [5.41, 5.74) is 4.89. The van der Waals surface area contributed by atoms with E-state index in [-0.39, 0.29) is 42.4 Å². The molecule has 14 nitrogen and oxygen atoms in total. The summed E-state index contributed by atoms with van der Waals surface area (Å²) in [6.45, 7) is 10.3. The minimum atomic E-state index is -0.899. The second-order valence-electron chi connectivity index (χ2n) is 16.4. The van der Waals surface area contributed by atoms with Crippen LogP contribution in [0.3, 0.4) is 0 Å². The first kappa shape index (κ1) is 41.9. The molecule has 3 aliphatic rings. The number of piperidine rings is 1. The number of likely N-dealkylation sites (tertiary alicyclic amines) is 1. The molecule has 0 aliphatic carbocycles. The van der Waals surface area contributed by atoms with Crippen LogP contribution < -0.4 is 26.4 Å². The van der Waals surface area contributed by atoms with Gasteiger partial charge in [0.1, 0.15) is 17.4 Å². The summed E-state index contributed by atoms with van der Waals surface area (Å²) in [4.78, 5) is 59.2. The van der Waals surface area contributed by atoms with E-state index in [0.717, 1.165) is 87.3 Å². The largest absolute Gasteiger partial charge is 0.376 e. The maximum absolute atomic E-state index is 14.6. The lowest BCUT2D eigenvalue weighted by molar-refractivity contribution is -0.136. The van der Waals surface area contributed by atoms with Crippen molar-refractivity contribution in [2.24, 2.45) is 0 Å². The second-order valence-corrected chi connectivity index (χ2v) is 16.4. The Kier molecular flexibility index (Phi) is 13.6. The number of nitrogens with one attached hydrogen (secondary N) is 3. The first-order chi connectivity index (χ1) is 28.5. The van der Waals surface area contributed by atoms with Crippen LogP contribution in [0.25, 0.3) is 10.9 Å². The third-order valence-electron chi connectivity index (χ3n) is 12.2. The van der Waals surface area contributed by atoms with Crippen LogP contribution in [0.1, 0.15) is 67.2 Å². The number of aryl methyl sites for hydroxylation is 1. The van der Waals surface area contributed by atoms with Gasteiger partial charge < -0.3 is 20.4 Å². The number of amides is 3. The summed E-state index contributed by atoms with van der Waals surface area (Å²) in [6, 6.07) is 18.9. The average Bonchev–Trinajstić information content (AvgIpc) is 3.66. The van der Waals surface area contributed by atoms with Gasteiger partial charge in [0.05, 0.1) is 11.9 Å². The van der Waals surface area contributed by atoms with Crippen LogP contribution in [-0.2, 0) is 20.9 Å². The number of hydrogen-bond donors (Lipinski definition) is 3. The summed E-state index contributed by atoms with van der Waals surface area (Å²) < 4.78 is 15.7. The number of nitrogens with zero attached hydrogens (tertiary/aromatic N) is 7. The van der Waals surface area contributed by atoms with Crippen LogP contribution in [0.5, 0.6) is 0 Å². The molecule has 314 valence electrons. The smallest absolute Gasteiger partial charge is 0.278 e. The van der Waals surface area contributed by atoms with E-state index in [9.17, 15) is 23.6 Å². The number of halogens is 1. The van der Waals surface area contributed by atoms with E-state index >= 15 is 0 Å². The number of benzene rings is 3. The van der Waals surface area contributed by atoms with Gasteiger partial charge in [-0.15, -0.1) is 5.10 Å². The van der Waals surface area contributed by atoms with Crippen LogP contribution in [0, 0.1) is 12.7 Å². The van der Waals surface area contributed by atoms with Crippen molar-refractivity contribution in [3.05, 3.63) is 93.5 Å². The summed E-state index contributed by atoms with van der Waals surface area (Å²) in [5.74, 6) is -0.830. The lowest BCUT2D eigenvalue weighted by atomic mass is 9.93. The summed E-state index contributed by atoms with van der Waals surface area (Å²) >= 11 is 0. The average molecular weight is 809 g/mol. The Bertz CT molecular complexity index is 2150. The number of carbonyl (C=O) groups excluding carboxylic acids is 3. The van der Waals surface area contributed by atoms with Crippen molar-refractivity contribution in [2.45, 2.75) is 70.0 Å². The number of aromatic nitrogens is 3. The van der Waals surface area contributed by atoms with Crippen molar-refractivity contribution < 1.29 is 18.8 Å². The van der Waals surface area contributed by atoms with E-state index < -0.39 is 17.5 Å².